The number of hydrogen-bond acceptors (Lipinski definition) is 5. The molecule has 4 aliphatic carbocycles. The largest absolute Gasteiger partial charge is 0.508 e. The van der Waals surface area contributed by atoms with Crippen molar-refractivity contribution in [3.05, 3.63) is 89.2 Å². The Morgan fingerprint density at radius 3 is 2.81 bits per heavy atom. The van der Waals surface area contributed by atoms with E-state index in [-0.39, 0.29) is 34.8 Å². The zero-order valence-corrected chi connectivity index (χ0v) is 17.9. The Bertz CT molecular complexity index is 1230. The smallest absolute Gasteiger partial charge is 0.182 e. The number of allylic oxidation sites excluding steroid dienone is 8. The predicted molar refractivity (Wildman–Crippen MR) is 123 cm³/mol. The summed E-state index contributed by atoms with van der Waals surface area (Å²) in [6, 6.07) is 6.77. The number of phenolic OH excluding ortho intramolecular Hbond substituents is 1. The fourth-order valence-corrected chi connectivity index (χ4v) is 5.99. The van der Waals surface area contributed by atoms with E-state index in [9.17, 15) is 15.0 Å². The van der Waals surface area contributed by atoms with Gasteiger partial charge in [0, 0.05) is 29.4 Å². The number of benzene rings is 1. The van der Waals surface area contributed by atoms with Crippen LogP contribution in [-0.4, -0.2) is 27.8 Å². The maximum absolute atomic E-state index is 13.8. The van der Waals surface area contributed by atoms with Crippen LogP contribution in [0.3, 0.4) is 0 Å². The monoisotopic (exact) mass is 426 g/mol. The Labute approximate surface area is 187 Å². The van der Waals surface area contributed by atoms with Crippen molar-refractivity contribution in [2.45, 2.75) is 31.9 Å². The van der Waals surface area contributed by atoms with Crippen LogP contribution in [0.1, 0.15) is 31.4 Å². The molecule has 5 nitrogen and oxygen atoms in total. The summed E-state index contributed by atoms with van der Waals surface area (Å²) in [6.07, 6.45) is 14.5. The molecule has 0 spiro atoms. The number of phenols is 1. The van der Waals surface area contributed by atoms with E-state index in [2.05, 4.69) is 0 Å². The first kappa shape index (κ1) is 19.6. The number of rotatable bonds is 5. The number of para-hydroxylation sites is 1. The normalized spacial score (nSPS) is 36.9. The summed E-state index contributed by atoms with van der Waals surface area (Å²) in [5, 5.41) is 20.4. The van der Waals surface area contributed by atoms with E-state index in [0.717, 1.165) is 23.3 Å². The average Bonchev–Trinajstić information content (AvgIpc) is 3.62. The first-order valence-corrected chi connectivity index (χ1v) is 11.2. The van der Waals surface area contributed by atoms with E-state index in [1.807, 2.05) is 55.5 Å². The highest BCUT2D eigenvalue weighted by Gasteiger charge is 2.84. The molecule has 1 aromatic rings. The maximum Gasteiger partial charge on any atom is 0.182 e. The van der Waals surface area contributed by atoms with Crippen molar-refractivity contribution in [3.63, 3.8) is 0 Å². The number of aliphatic hydroxyl groups is 1. The Kier molecular flexibility index (Phi) is 3.99. The number of nitrogens with zero attached hydrogens (tertiary/aromatic N) is 1. The van der Waals surface area contributed by atoms with E-state index in [1.165, 1.54) is 0 Å². The second-order valence-corrected chi connectivity index (χ2v) is 9.79. The highest BCUT2D eigenvalue weighted by Crippen LogP contribution is 2.84. The molecule has 5 heteroatoms. The zero-order valence-electron chi connectivity index (χ0n) is 17.9. The molecule has 0 amide bonds. The number of fused-ring (bicyclic) bond motifs is 2. The number of aromatic hydroxyl groups is 1. The lowest BCUT2D eigenvalue weighted by atomic mass is 9.72. The summed E-state index contributed by atoms with van der Waals surface area (Å²) in [5.41, 5.74) is 9.77. The minimum Gasteiger partial charge on any atom is -0.508 e. The molecule has 32 heavy (non-hydrogen) atoms. The number of carbonyl (C=O) groups excluding carboxylic acids is 1. The summed E-state index contributed by atoms with van der Waals surface area (Å²) in [4.78, 5) is 18.7. The molecule has 1 aliphatic heterocycles. The highest BCUT2D eigenvalue weighted by molar-refractivity contribution is 6.46. The first-order chi connectivity index (χ1) is 15.4. The molecule has 5 aliphatic rings. The van der Waals surface area contributed by atoms with Gasteiger partial charge in [0.1, 0.15) is 5.75 Å². The third-order valence-electron chi connectivity index (χ3n) is 8.04. The van der Waals surface area contributed by atoms with Crippen LogP contribution in [0.2, 0.25) is 0 Å². The van der Waals surface area contributed by atoms with Gasteiger partial charge in [-0.05, 0) is 36.5 Å². The van der Waals surface area contributed by atoms with Gasteiger partial charge >= 0.3 is 0 Å². The maximum atomic E-state index is 13.8. The lowest BCUT2D eigenvalue weighted by Crippen LogP contribution is -2.36. The van der Waals surface area contributed by atoms with Crippen molar-refractivity contribution >= 4 is 11.5 Å². The Morgan fingerprint density at radius 2 is 2.06 bits per heavy atom. The predicted octanol–water partition coefficient (Wildman–Crippen LogP) is 3.69. The second kappa shape index (κ2) is 6.50. The Balaban J connectivity index is 1.33. The summed E-state index contributed by atoms with van der Waals surface area (Å²) >= 11 is 0. The molecule has 162 valence electrons. The molecular formula is C27H26N2O3. The highest BCUT2D eigenvalue weighted by atomic mass is 16.3. The average molecular weight is 427 g/mol. The van der Waals surface area contributed by atoms with Crippen molar-refractivity contribution in [2.75, 3.05) is 0 Å². The third-order valence-corrected chi connectivity index (χ3v) is 8.04. The molecule has 1 aromatic carbocycles. The van der Waals surface area contributed by atoms with Crippen LogP contribution in [0.15, 0.2) is 88.6 Å². The van der Waals surface area contributed by atoms with Gasteiger partial charge in [-0.25, -0.2) is 4.99 Å². The van der Waals surface area contributed by atoms with Crippen LogP contribution in [0, 0.1) is 22.7 Å². The van der Waals surface area contributed by atoms with Gasteiger partial charge in [0.25, 0.3) is 0 Å². The van der Waals surface area contributed by atoms with E-state index < -0.39 is 11.5 Å². The molecule has 0 aromatic heterocycles. The van der Waals surface area contributed by atoms with Gasteiger partial charge in [0.05, 0.1) is 22.9 Å². The van der Waals surface area contributed by atoms with Gasteiger partial charge in [-0.15, -0.1) is 0 Å². The molecule has 2 saturated carbocycles. The minimum absolute atomic E-state index is 0.0644. The molecular weight excluding hydrogens is 400 g/mol. The number of ketones is 1. The summed E-state index contributed by atoms with van der Waals surface area (Å²) in [6.45, 7) is 2.05. The number of hydrogen-bond donors (Lipinski definition) is 3. The van der Waals surface area contributed by atoms with Crippen molar-refractivity contribution in [3.8, 4) is 5.75 Å². The van der Waals surface area contributed by atoms with Crippen molar-refractivity contribution < 1.29 is 15.0 Å². The topological polar surface area (TPSA) is 95.9 Å². The second-order valence-electron chi connectivity index (χ2n) is 9.79. The number of Topliss-reactive ketones (excluding diaryl/α,β-unsaturated/α-hetero) is 1. The van der Waals surface area contributed by atoms with Crippen molar-refractivity contribution in [2.24, 2.45) is 33.4 Å². The molecule has 0 saturated heterocycles. The molecule has 4 N–H and O–H groups in total. The van der Waals surface area contributed by atoms with E-state index in [4.69, 9.17) is 10.7 Å². The van der Waals surface area contributed by atoms with Crippen LogP contribution in [0.25, 0.3) is 0 Å². The number of carbonyl (C=O) groups is 1. The number of nitrogens with two attached hydrogens (primary N) is 1. The lowest BCUT2D eigenvalue weighted by Gasteiger charge is -2.28. The summed E-state index contributed by atoms with van der Waals surface area (Å²) in [7, 11) is 0. The van der Waals surface area contributed by atoms with E-state index in [0.29, 0.717) is 17.7 Å². The van der Waals surface area contributed by atoms with Crippen molar-refractivity contribution in [1.82, 2.24) is 0 Å². The van der Waals surface area contributed by atoms with Crippen LogP contribution < -0.4 is 5.73 Å². The molecule has 1 heterocycles. The molecule has 2 fully saturated rings. The first-order valence-electron chi connectivity index (χ1n) is 11.2. The fourth-order valence-electron chi connectivity index (χ4n) is 5.99. The Hall–Kier alpha value is -3.02. The molecule has 0 radical (unpaired) electrons. The van der Waals surface area contributed by atoms with Gasteiger partial charge in [-0.2, -0.15) is 0 Å². The van der Waals surface area contributed by atoms with Crippen LogP contribution in [0.4, 0.5) is 0 Å². The zero-order chi connectivity index (χ0) is 22.3. The van der Waals surface area contributed by atoms with Gasteiger partial charge in [0.2, 0.25) is 0 Å². The molecule has 0 bridgehead atoms. The van der Waals surface area contributed by atoms with Gasteiger partial charge in [0.15, 0.2) is 5.78 Å². The number of aliphatic imine (C=N–C) groups is 1. The van der Waals surface area contributed by atoms with Crippen molar-refractivity contribution in [1.29, 1.82) is 0 Å². The van der Waals surface area contributed by atoms with E-state index >= 15 is 0 Å². The number of aliphatic hydroxyl groups excluding tert-OH is 1. The van der Waals surface area contributed by atoms with Crippen LogP contribution in [0.5, 0.6) is 5.75 Å². The quantitative estimate of drug-likeness (QED) is 0.669. The summed E-state index contributed by atoms with van der Waals surface area (Å²) < 4.78 is 0. The van der Waals surface area contributed by atoms with Gasteiger partial charge in [-0.3, -0.25) is 4.79 Å². The fraction of sp³-hybridized carbons (Fsp3) is 0.333. The Morgan fingerprint density at radius 1 is 1.25 bits per heavy atom. The molecule has 5 unspecified atom stereocenters. The standard InChI is InChI=1S/C27H26N2O3/c1-26-12-5-4-10-18(26)22(15-7-6-8-16(30)13-15)29-25(26)23(32)21-19-14-27(19,21)24(28)17-9-2-3-11-20(17)31/h2-12,16,19,21,24,30-31H,13-14,28H2,1H3/t16?,19?,21?,24?,26-,27?/m0/s1. The lowest BCUT2D eigenvalue weighted by molar-refractivity contribution is -0.116. The van der Waals surface area contributed by atoms with E-state index in [1.54, 1.807) is 18.2 Å². The minimum atomic E-state index is -0.580. The van der Waals surface area contributed by atoms with Gasteiger partial charge in [-0.1, -0.05) is 60.7 Å². The molecule has 6 atom stereocenters. The van der Waals surface area contributed by atoms with Crippen LogP contribution in [-0.2, 0) is 4.79 Å². The van der Waals surface area contributed by atoms with Gasteiger partial charge < -0.3 is 15.9 Å². The SMILES string of the molecule is C[C@]12C=CC=CC1=C(C1=CC=CC(O)C1)N=C2C(=O)C1C2CC21C(N)c1ccccc1O. The third kappa shape index (κ3) is 2.52. The summed E-state index contributed by atoms with van der Waals surface area (Å²) in [5.74, 6) is 0.351. The van der Waals surface area contributed by atoms with Crippen LogP contribution >= 0.6 is 0 Å². The molecule has 6 rings (SSSR count).